The number of hydrogen-bond donors (Lipinski definition) is 2. The molecule has 1 aromatic heterocycles. The second kappa shape index (κ2) is 6.83. The third-order valence-corrected chi connectivity index (χ3v) is 4.38. The van der Waals surface area contributed by atoms with Crippen molar-refractivity contribution >= 4 is 11.6 Å². The quantitative estimate of drug-likeness (QED) is 0.885. The Morgan fingerprint density at radius 2 is 2.22 bits per heavy atom. The van der Waals surface area contributed by atoms with Crippen LogP contribution in [0, 0.1) is 5.92 Å². The van der Waals surface area contributed by atoms with Crippen LogP contribution in [0.4, 0.5) is 5.69 Å². The molecule has 0 bridgehead atoms. The molecule has 1 aliphatic rings. The lowest BCUT2D eigenvalue weighted by atomic mass is 9.98. The Bertz CT molecular complexity index is 664. The van der Waals surface area contributed by atoms with Crippen molar-refractivity contribution in [3.63, 3.8) is 0 Å². The Balaban J connectivity index is 1.74. The molecule has 3 N–H and O–H groups in total. The third-order valence-electron chi connectivity index (χ3n) is 4.38. The van der Waals surface area contributed by atoms with Crippen LogP contribution < -0.4 is 15.8 Å². The number of nitrogens with zero attached hydrogens (tertiary/aromatic N) is 1. The fraction of sp³-hybridized carbons (Fsp3) is 0.412. The fourth-order valence-electron chi connectivity index (χ4n) is 3.08. The summed E-state index contributed by atoms with van der Waals surface area (Å²) in [5.41, 5.74) is 7.52. The molecule has 1 aromatic carbocycles. The number of amides is 1. The second-order valence-corrected chi connectivity index (χ2v) is 5.84. The van der Waals surface area contributed by atoms with Gasteiger partial charge in [0, 0.05) is 11.8 Å². The zero-order valence-electron chi connectivity index (χ0n) is 13.1. The number of nitrogens with two attached hydrogens (primary N) is 1. The summed E-state index contributed by atoms with van der Waals surface area (Å²) >= 11 is 0. The van der Waals surface area contributed by atoms with Gasteiger partial charge in [-0.1, -0.05) is 12.8 Å². The first-order chi connectivity index (χ1) is 11.2. The molecule has 1 fully saturated rings. The number of hydrogen-bond acceptors (Lipinski definition) is 5. The van der Waals surface area contributed by atoms with E-state index in [1.54, 1.807) is 25.4 Å². The molecule has 1 aliphatic carbocycles. The average Bonchev–Trinajstić information content (AvgIpc) is 3.27. The number of rotatable bonds is 5. The molecule has 1 saturated carbocycles. The van der Waals surface area contributed by atoms with Gasteiger partial charge in [0.2, 0.25) is 5.91 Å². The van der Waals surface area contributed by atoms with Gasteiger partial charge in [-0.3, -0.25) is 4.79 Å². The number of aromatic nitrogens is 1. The number of benzene rings is 1. The second-order valence-electron chi connectivity index (χ2n) is 5.84. The molecule has 122 valence electrons. The van der Waals surface area contributed by atoms with Gasteiger partial charge in [0.05, 0.1) is 24.9 Å². The SMILES string of the molecule is COc1cc(NC(=O)[C@H](N)C2CCCC2)ccc1-c1cnco1. The Hall–Kier alpha value is -2.34. The summed E-state index contributed by atoms with van der Waals surface area (Å²) in [5.74, 6) is 1.35. The summed E-state index contributed by atoms with van der Waals surface area (Å²) in [6.07, 6.45) is 7.36. The number of carbonyl (C=O) groups excluding carboxylic acids is 1. The standard InChI is InChI=1S/C17H21N3O3/c1-22-14-8-12(6-7-13(14)15-9-19-10-23-15)20-17(21)16(18)11-4-2-3-5-11/h6-11,16H,2-5,18H2,1H3,(H,20,21)/t16-/m1/s1. The molecule has 0 saturated heterocycles. The van der Waals surface area contributed by atoms with Crippen molar-refractivity contribution in [1.82, 2.24) is 4.98 Å². The summed E-state index contributed by atoms with van der Waals surface area (Å²) in [7, 11) is 1.57. The van der Waals surface area contributed by atoms with Crippen molar-refractivity contribution in [2.45, 2.75) is 31.7 Å². The van der Waals surface area contributed by atoms with Gasteiger partial charge in [0.25, 0.3) is 0 Å². The molecule has 3 rings (SSSR count). The average molecular weight is 315 g/mol. The van der Waals surface area contributed by atoms with E-state index in [9.17, 15) is 4.79 Å². The molecular formula is C17H21N3O3. The smallest absolute Gasteiger partial charge is 0.241 e. The Morgan fingerprint density at radius 1 is 1.43 bits per heavy atom. The molecule has 0 spiro atoms. The first-order valence-electron chi connectivity index (χ1n) is 7.82. The molecule has 6 heteroatoms. The molecule has 1 atom stereocenters. The largest absolute Gasteiger partial charge is 0.496 e. The predicted octanol–water partition coefficient (Wildman–Crippen LogP) is 2.81. The van der Waals surface area contributed by atoms with Crippen molar-refractivity contribution < 1.29 is 13.9 Å². The first kappa shape index (κ1) is 15.6. The topological polar surface area (TPSA) is 90.4 Å². The van der Waals surface area contributed by atoms with Crippen LogP contribution in [0.2, 0.25) is 0 Å². The van der Waals surface area contributed by atoms with Gasteiger partial charge in [-0.05, 0) is 30.9 Å². The summed E-state index contributed by atoms with van der Waals surface area (Å²) < 4.78 is 10.7. The minimum atomic E-state index is -0.461. The molecular weight excluding hydrogens is 294 g/mol. The summed E-state index contributed by atoms with van der Waals surface area (Å²) in [6, 6.07) is 4.93. The van der Waals surface area contributed by atoms with Crippen molar-refractivity contribution in [3.8, 4) is 17.1 Å². The van der Waals surface area contributed by atoms with Crippen LogP contribution in [0.5, 0.6) is 5.75 Å². The van der Waals surface area contributed by atoms with Crippen molar-refractivity contribution in [2.24, 2.45) is 11.7 Å². The van der Waals surface area contributed by atoms with Crippen LogP contribution in [0.3, 0.4) is 0 Å². The monoisotopic (exact) mass is 315 g/mol. The van der Waals surface area contributed by atoms with E-state index in [1.807, 2.05) is 6.07 Å². The normalized spacial score (nSPS) is 16.3. The van der Waals surface area contributed by atoms with Crippen LogP contribution in [0.15, 0.2) is 35.2 Å². The fourth-order valence-corrected chi connectivity index (χ4v) is 3.08. The third kappa shape index (κ3) is 3.37. The van der Waals surface area contributed by atoms with E-state index in [4.69, 9.17) is 14.9 Å². The van der Waals surface area contributed by atoms with Crippen LogP contribution in [-0.2, 0) is 4.79 Å². The highest BCUT2D eigenvalue weighted by Gasteiger charge is 2.27. The number of nitrogens with one attached hydrogen (secondary N) is 1. The first-order valence-corrected chi connectivity index (χ1v) is 7.82. The van der Waals surface area contributed by atoms with E-state index in [-0.39, 0.29) is 11.8 Å². The Morgan fingerprint density at radius 3 is 2.87 bits per heavy atom. The highest BCUT2D eigenvalue weighted by molar-refractivity contribution is 5.95. The maximum absolute atomic E-state index is 12.3. The number of methoxy groups -OCH3 is 1. The lowest BCUT2D eigenvalue weighted by Gasteiger charge is -2.18. The molecule has 1 amide bonds. The lowest BCUT2D eigenvalue weighted by Crippen LogP contribution is -2.40. The maximum Gasteiger partial charge on any atom is 0.241 e. The van der Waals surface area contributed by atoms with Crippen molar-refractivity contribution in [1.29, 1.82) is 0 Å². The van der Waals surface area contributed by atoms with Gasteiger partial charge >= 0.3 is 0 Å². The van der Waals surface area contributed by atoms with Gasteiger partial charge in [0.1, 0.15) is 5.75 Å². The van der Waals surface area contributed by atoms with Crippen LogP contribution in [-0.4, -0.2) is 24.0 Å². The van der Waals surface area contributed by atoms with Crippen LogP contribution in [0.1, 0.15) is 25.7 Å². The molecule has 23 heavy (non-hydrogen) atoms. The zero-order valence-corrected chi connectivity index (χ0v) is 13.1. The van der Waals surface area contributed by atoms with E-state index in [0.29, 0.717) is 17.2 Å². The summed E-state index contributed by atoms with van der Waals surface area (Å²) in [6.45, 7) is 0. The molecule has 0 aliphatic heterocycles. The van der Waals surface area contributed by atoms with Gasteiger partial charge < -0.3 is 20.2 Å². The van der Waals surface area contributed by atoms with E-state index in [2.05, 4.69) is 10.3 Å². The maximum atomic E-state index is 12.3. The number of anilines is 1. The van der Waals surface area contributed by atoms with Crippen LogP contribution >= 0.6 is 0 Å². The van der Waals surface area contributed by atoms with Crippen molar-refractivity contribution in [2.75, 3.05) is 12.4 Å². The predicted molar refractivity (Wildman–Crippen MR) is 87.1 cm³/mol. The molecule has 0 radical (unpaired) electrons. The lowest BCUT2D eigenvalue weighted by molar-refractivity contribution is -0.118. The minimum Gasteiger partial charge on any atom is -0.496 e. The van der Waals surface area contributed by atoms with E-state index in [0.717, 1.165) is 31.2 Å². The molecule has 0 unspecified atom stereocenters. The zero-order chi connectivity index (χ0) is 16.2. The van der Waals surface area contributed by atoms with Gasteiger partial charge in [-0.15, -0.1) is 0 Å². The molecule has 2 aromatic rings. The number of carbonyl (C=O) groups is 1. The van der Waals surface area contributed by atoms with Gasteiger partial charge in [-0.25, -0.2) is 4.98 Å². The van der Waals surface area contributed by atoms with Crippen molar-refractivity contribution in [3.05, 3.63) is 30.8 Å². The van der Waals surface area contributed by atoms with E-state index >= 15 is 0 Å². The summed E-state index contributed by atoms with van der Waals surface area (Å²) in [4.78, 5) is 16.2. The molecule has 6 nitrogen and oxygen atoms in total. The van der Waals surface area contributed by atoms with E-state index < -0.39 is 6.04 Å². The van der Waals surface area contributed by atoms with E-state index in [1.165, 1.54) is 6.39 Å². The Kier molecular flexibility index (Phi) is 4.62. The molecule has 1 heterocycles. The van der Waals surface area contributed by atoms with Gasteiger partial charge in [-0.2, -0.15) is 0 Å². The highest BCUT2D eigenvalue weighted by Crippen LogP contribution is 2.32. The minimum absolute atomic E-state index is 0.147. The highest BCUT2D eigenvalue weighted by atomic mass is 16.5. The summed E-state index contributed by atoms with van der Waals surface area (Å²) in [5, 5.41) is 2.88. The number of ether oxygens (including phenoxy) is 1. The number of oxazole rings is 1. The van der Waals surface area contributed by atoms with Gasteiger partial charge in [0.15, 0.2) is 12.2 Å². The Labute approximate surface area is 135 Å². The van der Waals surface area contributed by atoms with Crippen LogP contribution in [0.25, 0.3) is 11.3 Å².